The third-order valence-corrected chi connectivity index (χ3v) is 18.9. The predicted octanol–water partition coefficient (Wildman–Crippen LogP) is 21.3. The molecule has 3 aliphatic rings. The Morgan fingerprint density at radius 1 is 0.310 bits per heavy atom. The lowest BCUT2D eigenvalue weighted by atomic mass is 9.34. The van der Waals surface area contributed by atoms with Gasteiger partial charge in [-0.15, -0.1) is 0 Å². The summed E-state index contributed by atoms with van der Waals surface area (Å²) in [5.41, 5.74) is 26.7. The van der Waals surface area contributed by atoms with Crippen LogP contribution in [-0.2, 0) is 32.5 Å². The number of anilines is 3. The van der Waals surface area contributed by atoms with Crippen molar-refractivity contribution in [2.45, 2.75) is 150 Å². The summed E-state index contributed by atoms with van der Waals surface area (Å²) in [6.45, 7) is 39.4. The Labute approximate surface area is 519 Å². The quantitative estimate of drug-likeness (QED) is 0.155. The molecule has 0 atom stereocenters. The van der Waals surface area contributed by atoms with Crippen molar-refractivity contribution in [2.75, 3.05) is 4.90 Å². The minimum atomic E-state index is -0.320. The number of benzene rings is 10. The lowest BCUT2D eigenvalue weighted by Crippen LogP contribution is -2.59. The van der Waals surface area contributed by atoms with Gasteiger partial charge in [-0.1, -0.05) is 263 Å². The molecule has 13 rings (SSSR count). The van der Waals surface area contributed by atoms with Crippen LogP contribution in [0.1, 0.15) is 157 Å². The fraction of sp³-hybridized carbons (Fsp3) is 0.277. The molecule has 10 aromatic rings. The van der Waals surface area contributed by atoms with E-state index in [1.807, 2.05) is 0 Å². The summed E-state index contributed by atoms with van der Waals surface area (Å²) < 4.78 is 14.4. The second-order valence-electron chi connectivity index (χ2n) is 30.7. The summed E-state index contributed by atoms with van der Waals surface area (Å²) in [4.78, 5) is 2.64. The first-order chi connectivity index (χ1) is 41.0. The highest BCUT2D eigenvalue weighted by molar-refractivity contribution is 6.99. The molecule has 436 valence electrons. The molecule has 0 unspecified atom stereocenters. The second kappa shape index (κ2) is 20.4. The Morgan fingerprint density at radius 2 is 0.713 bits per heavy atom. The normalized spacial score (nSPS) is 14.3. The van der Waals surface area contributed by atoms with Gasteiger partial charge in [0, 0.05) is 39.0 Å². The number of hydrogen-bond acceptors (Lipinski definition) is 3. The molecule has 0 saturated heterocycles. The van der Waals surface area contributed by atoms with Gasteiger partial charge < -0.3 is 14.4 Å². The molecule has 4 heteroatoms. The zero-order valence-corrected chi connectivity index (χ0v) is 54.4. The monoisotopic (exact) mass is 1140 g/mol. The highest BCUT2D eigenvalue weighted by atomic mass is 16.5. The van der Waals surface area contributed by atoms with Crippen LogP contribution in [0.3, 0.4) is 0 Å². The van der Waals surface area contributed by atoms with Gasteiger partial charge in [0.2, 0.25) is 0 Å². The Kier molecular flexibility index (Phi) is 13.5. The SMILES string of the molecule is CC(C)(C)c1cc(-c2ccc3c(c2)Oc2cc(-c4ccc5c(c4)C(C)(C)c4ccccc4O5)cc4c2B3c2ccc(-c3cc(C(C)(C)C)cc(C(C)(C)C)c3)cc2N4c2c(-c3ccccc3)cc(C(C)(C)C)cc2-c2ccccc2)cc(C(C)(C)C)c1. The maximum absolute atomic E-state index is 7.67. The standard InChI is InChI=1S/C83H84BNO2/c1-78(2,3)59-38-56(39-60(47-59)79(4,5)6)54-32-35-68-70(43-54)85(77-64(51-26-20-18-21-27-51)49-63(82(13,14)15)50-65(77)52-28-22-19-23-29-52)71-44-58(53-34-37-73-67(42-53)83(16,17)66-30-24-25-31-72(66)86-73)46-75-76(71)84(68)69-36-33-55(45-74(69)87-75)57-40-61(80(7,8)9)48-62(41-57)81(10,11)12/h18-50H,1-17H3. The smallest absolute Gasteiger partial charge is 0.256 e. The topological polar surface area (TPSA) is 21.7 Å². The molecule has 0 bridgehead atoms. The number of ether oxygens (including phenoxy) is 2. The predicted molar refractivity (Wildman–Crippen MR) is 372 cm³/mol. The van der Waals surface area contributed by atoms with Crippen molar-refractivity contribution in [3.05, 3.63) is 239 Å². The number of para-hydroxylation sites is 1. The molecule has 0 radical (unpaired) electrons. The summed E-state index contributed by atoms with van der Waals surface area (Å²) in [6, 6.07) is 76.2. The van der Waals surface area contributed by atoms with Crippen LogP contribution in [0.4, 0.5) is 17.1 Å². The van der Waals surface area contributed by atoms with E-state index in [1.54, 1.807) is 0 Å². The fourth-order valence-electron chi connectivity index (χ4n) is 13.4. The molecule has 0 saturated carbocycles. The van der Waals surface area contributed by atoms with Gasteiger partial charge in [0.15, 0.2) is 0 Å². The first kappa shape index (κ1) is 57.7. The molecule has 0 aliphatic carbocycles. The maximum Gasteiger partial charge on any atom is 0.256 e. The van der Waals surface area contributed by atoms with Gasteiger partial charge in [0.05, 0.1) is 5.69 Å². The summed E-state index contributed by atoms with van der Waals surface area (Å²) in [5, 5.41) is 0. The molecule has 3 nitrogen and oxygen atoms in total. The number of rotatable bonds is 6. The summed E-state index contributed by atoms with van der Waals surface area (Å²) in [5.74, 6) is 3.53. The minimum absolute atomic E-state index is 0.0411. The van der Waals surface area contributed by atoms with Crippen molar-refractivity contribution >= 4 is 40.2 Å². The summed E-state index contributed by atoms with van der Waals surface area (Å²) in [6.07, 6.45) is 0. The Bertz CT molecular complexity index is 4250. The average molecular weight is 1140 g/mol. The molecule has 0 N–H and O–H groups in total. The summed E-state index contributed by atoms with van der Waals surface area (Å²) >= 11 is 0. The third-order valence-electron chi connectivity index (χ3n) is 18.9. The van der Waals surface area contributed by atoms with E-state index in [9.17, 15) is 0 Å². The largest absolute Gasteiger partial charge is 0.458 e. The van der Waals surface area contributed by atoms with Crippen LogP contribution in [0, 0.1) is 0 Å². The van der Waals surface area contributed by atoms with Crippen LogP contribution >= 0.6 is 0 Å². The Morgan fingerprint density at radius 3 is 1.24 bits per heavy atom. The minimum Gasteiger partial charge on any atom is -0.458 e. The molecular formula is C83H84BNO2. The first-order valence-electron chi connectivity index (χ1n) is 31.5. The van der Waals surface area contributed by atoms with Crippen LogP contribution in [0.25, 0.3) is 55.6 Å². The van der Waals surface area contributed by atoms with Gasteiger partial charge in [-0.25, -0.2) is 0 Å². The van der Waals surface area contributed by atoms with Crippen molar-refractivity contribution in [2.24, 2.45) is 0 Å². The van der Waals surface area contributed by atoms with E-state index in [1.165, 1.54) is 66.7 Å². The zero-order valence-electron chi connectivity index (χ0n) is 54.4. The molecule has 0 spiro atoms. The van der Waals surface area contributed by atoms with Gasteiger partial charge in [0.1, 0.15) is 23.0 Å². The molecule has 3 heterocycles. The molecule has 0 aromatic heterocycles. The highest BCUT2D eigenvalue weighted by Gasteiger charge is 2.44. The average Bonchev–Trinajstić information content (AvgIpc) is 0.718. The first-order valence-corrected chi connectivity index (χ1v) is 31.5. The molecule has 0 fully saturated rings. The van der Waals surface area contributed by atoms with E-state index < -0.39 is 0 Å². The lowest BCUT2D eigenvalue weighted by Gasteiger charge is -2.42. The number of hydrogen-bond donors (Lipinski definition) is 0. The molecular weight excluding hydrogens is 1050 g/mol. The van der Waals surface area contributed by atoms with Crippen LogP contribution in [0.5, 0.6) is 23.0 Å². The molecule has 10 aromatic carbocycles. The zero-order chi connectivity index (χ0) is 61.5. The van der Waals surface area contributed by atoms with Crippen LogP contribution in [0.15, 0.2) is 200 Å². The van der Waals surface area contributed by atoms with E-state index in [0.717, 1.165) is 84.4 Å². The van der Waals surface area contributed by atoms with Gasteiger partial charge in [0.25, 0.3) is 6.71 Å². The molecule has 3 aliphatic heterocycles. The van der Waals surface area contributed by atoms with Crippen molar-refractivity contribution in [1.82, 2.24) is 0 Å². The third kappa shape index (κ3) is 10.3. The van der Waals surface area contributed by atoms with Crippen molar-refractivity contribution in [1.29, 1.82) is 0 Å². The van der Waals surface area contributed by atoms with E-state index >= 15 is 0 Å². The van der Waals surface area contributed by atoms with Crippen LogP contribution in [-0.4, -0.2) is 6.71 Å². The lowest BCUT2D eigenvalue weighted by molar-refractivity contribution is 0.418. The van der Waals surface area contributed by atoms with Gasteiger partial charge in [-0.3, -0.25) is 0 Å². The van der Waals surface area contributed by atoms with Gasteiger partial charge in [-0.05, 0) is 170 Å². The van der Waals surface area contributed by atoms with Crippen molar-refractivity contribution < 1.29 is 9.47 Å². The van der Waals surface area contributed by atoms with E-state index in [0.29, 0.717) is 0 Å². The van der Waals surface area contributed by atoms with Gasteiger partial charge in [-0.2, -0.15) is 0 Å². The molecule has 87 heavy (non-hydrogen) atoms. The van der Waals surface area contributed by atoms with Crippen LogP contribution in [0.2, 0.25) is 0 Å². The van der Waals surface area contributed by atoms with Crippen LogP contribution < -0.4 is 30.8 Å². The van der Waals surface area contributed by atoms with E-state index in [2.05, 4.69) is 323 Å². The Balaban J connectivity index is 1.15. The van der Waals surface area contributed by atoms with Crippen molar-refractivity contribution in [3.63, 3.8) is 0 Å². The van der Waals surface area contributed by atoms with Crippen molar-refractivity contribution in [3.8, 4) is 78.6 Å². The maximum atomic E-state index is 7.67. The van der Waals surface area contributed by atoms with Gasteiger partial charge >= 0.3 is 0 Å². The Hall–Kier alpha value is -8.34. The van der Waals surface area contributed by atoms with E-state index in [4.69, 9.17) is 9.47 Å². The fourth-order valence-corrected chi connectivity index (χ4v) is 13.4. The number of nitrogens with zero attached hydrogens (tertiary/aromatic N) is 1. The van der Waals surface area contributed by atoms with E-state index in [-0.39, 0.29) is 39.2 Å². The highest BCUT2D eigenvalue weighted by Crippen LogP contribution is 2.54. The second-order valence-corrected chi connectivity index (χ2v) is 30.7. The summed E-state index contributed by atoms with van der Waals surface area (Å²) in [7, 11) is 0. The number of fused-ring (bicyclic) bond motifs is 6. The molecule has 0 amide bonds.